The number of nitro groups is 1. The van der Waals surface area contributed by atoms with Gasteiger partial charge in [0.05, 0.1) is 10.5 Å². The van der Waals surface area contributed by atoms with Crippen LogP contribution >= 0.6 is 11.3 Å². The quantitative estimate of drug-likeness (QED) is 0.368. The minimum Gasteiger partial charge on any atom is -0.379 e. The van der Waals surface area contributed by atoms with Gasteiger partial charge in [0.25, 0.3) is 5.69 Å². The number of amides is 1. The molecule has 11 heteroatoms. The Balaban J connectivity index is 1.52. The van der Waals surface area contributed by atoms with Gasteiger partial charge in [-0.2, -0.15) is 13.2 Å². The molecule has 7 nitrogen and oxygen atoms in total. The predicted octanol–water partition coefficient (Wildman–Crippen LogP) is 5.10. The lowest BCUT2D eigenvalue weighted by Gasteiger charge is -2.08. The normalized spacial score (nSPS) is 11.2. The minimum absolute atomic E-state index is 0.0502. The van der Waals surface area contributed by atoms with Crippen molar-refractivity contribution < 1.29 is 22.9 Å². The van der Waals surface area contributed by atoms with E-state index in [2.05, 4.69) is 15.6 Å². The molecular weight excluding hydrogens is 433 g/mol. The summed E-state index contributed by atoms with van der Waals surface area (Å²) in [7, 11) is 0. The van der Waals surface area contributed by atoms with Crippen LogP contribution in [0.25, 0.3) is 0 Å². The van der Waals surface area contributed by atoms with Crippen LogP contribution in [0.3, 0.4) is 0 Å². The Morgan fingerprint density at radius 2 is 1.94 bits per heavy atom. The largest absolute Gasteiger partial charge is 0.416 e. The Morgan fingerprint density at radius 3 is 2.68 bits per heavy atom. The van der Waals surface area contributed by atoms with Crippen molar-refractivity contribution in [1.29, 1.82) is 0 Å². The molecule has 2 N–H and O–H groups in total. The van der Waals surface area contributed by atoms with E-state index in [4.69, 9.17) is 0 Å². The maximum atomic E-state index is 12.8. The van der Waals surface area contributed by atoms with Gasteiger partial charge in [0.1, 0.15) is 5.69 Å². The van der Waals surface area contributed by atoms with E-state index in [9.17, 15) is 28.1 Å². The molecule has 0 unspecified atom stereocenters. The second-order valence-electron chi connectivity index (χ2n) is 6.51. The van der Waals surface area contributed by atoms with E-state index in [1.165, 1.54) is 29.7 Å². The van der Waals surface area contributed by atoms with Gasteiger partial charge in [-0.1, -0.05) is 30.3 Å². The van der Waals surface area contributed by atoms with Crippen molar-refractivity contribution in [2.24, 2.45) is 0 Å². The second kappa shape index (κ2) is 9.56. The number of thiazole rings is 1. The van der Waals surface area contributed by atoms with Gasteiger partial charge in [-0.05, 0) is 17.7 Å². The predicted molar refractivity (Wildman–Crippen MR) is 111 cm³/mol. The highest BCUT2D eigenvalue weighted by molar-refractivity contribution is 7.15. The number of nitro benzene ring substituents is 1. The van der Waals surface area contributed by atoms with Crippen LogP contribution in [0.5, 0.6) is 0 Å². The first kappa shape index (κ1) is 22.2. The van der Waals surface area contributed by atoms with E-state index in [1.807, 2.05) is 0 Å². The van der Waals surface area contributed by atoms with Gasteiger partial charge in [0.15, 0.2) is 5.13 Å². The summed E-state index contributed by atoms with van der Waals surface area (Å²) in [6.07, 6.45) is -2.59. The molecule has 0 aliphatic carbocycles. The average Bonchev–Trinajstić information content (AvgIpc) is 3.14. The molecule has 1 aromatic heterocycles. The molecule has 0 bridgehead atoms. The van der Waals surface area contributed by atoms with E-state index in [-0.39, 0.29) is 31.0 Å². The molecular formula is C20H17F3N4O3S. The number of para-hydroxylation sites is 2. The first-order chi connectivity index (χ1) is 14.7. The molecule has 0 fully saturated rings. The van der Waals surface area contributed by atoms with E-state index >= 15 is 0 Å². The topological polar surface area (TPSA) is 97.2 Å². The zero-order valence-corrected chi connectivity index (χ0v) is 16.8. The number of carbonyl (C=O) groups excluding carboxylic acids is 1. The summed E-state index contributed by atoms with van der Waals surface area (Å²) >= 11 is 1.17. The molecule has 0 saturated carbocycles. The van der Waals surface area contributed by atoms with Crippen LogP contribution in [-0.4, -0.2) is 22.4 Å². The number of rotatable bonds is 8. The van der Waals surface area contributed by atoms with Gasteiger partial charge < -0.3 is 10.6 Å². The molecule has 1 heterocycles. The van der Waals surface area contributed by atoms with Gasteiger partial charge >= 0.3 is 6.18 Å². The lowest BCUT2D eigenvalue weighted by atomic mass is 10.1. The fourth-order valence-electron chi connectivity index (χ4n) is 2.78. The Labute approximate surface area is 179 Å². The summed E-state index contributed by atoms with van der Waals surface area (Å²) in [4.78, 5) is 27.4. The molecule has 0 aliphatic rings. The Bertz CT molecular complexity index is 1090. The summed E-state index contributed by atoms with van der Waals surface area (Å²) in [5, 5.41) is 16.8. The van der Waals surface area contributed by atoms with E-state index < -0.39 is 16.7 Å². The number of aromatic nitrogens is 1. The molecule has 0 spiro atoms. The summed E-state index contributed by atoms with van der Waals surface area (Å²) in [5.41, 5.74) is 0.0131. The number of hydrogen-bond acceptors (Lipinski definition) is 6. The van der Waals surface area contributed by atoms with Gasteiger partial charge in [0, 0.05) is 36.5 Å². The smallest absolute Gasteiger partial charge is 0.379 e. The number of anilines is 2. The van der Waals surface area contributed by atoms with Crippen molar-refractivity contribution >= 4 is 33.8 Å². The third kappa shape index (κ3) is 6.25. The van der Waals surface area contributed by atoms with Crippen molar-refractivity contribution in [2.75, 3.05) is 17.2 Å². The summed E-state index contributed by atoms with van der Waals surface area (Å²) in [6, 6.07) is 11.2. The van der Waals surface area contributed by atoms with E-state index in [1.54, 1.807) is 24.3 Å². The second-order valence-corrected chi connectivity index (χ2v) is 7.62. The molecule has 2 aromatic carbocycles. The number of nitrogens with zero attached hydrogens (tertiary/aromatic N) is 2. The molecule has 1 amide bonds. The molecule has 3 rings (SSSR count). The highest BCUT2D eigenvalue weighted by Crippen LogP contribution is 2.30. The van der Waals surface area contributed by atoms with Crippen LogP contribution in [-0.2, 0) is 17.4 Å². The number of nitrogens with one attached hydrogen (secondary N) is 2. The molecule has 0 saturated heterocycles. The number of halogens is 3. The molecule has 3 aromatic rings. The fourth-order valence-corrected chi connectivity index (χ4v) is 3.64. The van der Waals surface area contributed by atoms with Crippen LogP contribution in [0.4, 0.5) is 29.7 Å². The SMILES string of the molecule is O=C(CCNc1ccccc1[N+](=O)[O-])Nc1ncc(Cc2cccc(C(F)(F)F)c2)s1. The number of benzene rings is 2. The van der Waals surface area contributed by atoms with Crippen molar-refractivity contribution in [3.8, 4) is 0 Å². The molecule has 162 valence electrons. The number of carbonyl (C=O) groups is 1. The van der Waals surface area contributed by atoms with Crippen molar-refractivity contribution in [2.45, 2.75) is 19.0 Å². The molecule has 31 heavy (non-hydrogen) atoms. The first-order valence-electron chi connectivity index (χ1n) is 9.10. The van der Waals surface area contributed by atoms with E-state index in [0.717, 1.165) is 12.1 Å². The Kier molecular flexibility index (Phi) is 6.85. The lowest BCUT2D eigenvalue weighted by Crippen LogP contribution is -2.16. The highest BCUT2D eigenvalue weighted by atomic mass is 32.1. The van der Waals surface area contributed by atoms with Crippen LogP contribution in [0.2, 0.25) is 0 Å². The number of hydrogen-bond donors (Lipinski definition) is 2. The van der Waals surface area contributed by atoms with Gasteiger partial charge in [-0.15, -0.1) is 11.3 Å². The Morgan fingerprint density at radius 1 is 1.16 bits per heavy atom. The first-order valence-corrected chi connectivity index (χ1v) is 9.92. The third-order valence-electron chi connectivity index (χ3n) is 4.20. The highest BCUT2D eigenvalue weighted by Gasteiger charge is 2.30. The maximum absolute atomic E-state index is 12.8. The van der Waals surface area contributed by atoms with Crippen LogP contribution < -0.4 is 10.6 Å². The van der Waals surface area contributed by atoms with Gasteiger partial charge in [-0.25, -0.2) is 4.98 Å². The van der Waals surface area contributed by atoms with Gasteiger partial charge in [-0.3, -0.25) is 14.9 Å². The lowest BCUT2D eigenvalue weighted by molar-refractivity contribution is -0.384. The Hall–Kier alpha value is -3.47. The number of alkyl halides is 3. The van der Waals surface area contributed by atoms with Crippen molar-refractivity contribution in [3.05, 3.63) is 80.8 Å². The van der Waals surface area contributed by atoms with E-state index in [0.29, 0.717) is 21.3 Å². The average molecular weight is 450 g/mol. The zero-order chi connectivity index (χ0) is 22.4. The van der Waals surface area contributed by atoms with Crippen LogP contribution in [0, 0.1) is 10.1 Å². The third-order valence-corrected chi connectivity index (χ3v) is 5.11. The monoisotopic (exact) mass is 450 g/mol. The van der Waals surface area contributed by atoms with Crippen molar-refractivity contribution in [1.82, 2.24) is 4.98 Å². The summed E-state index contributed by atoms with van der Waals surface area (Å²) in [6.45, 7) is 0.180. The van der Waals surface area contributed by atoms with Gasteiger partial charge in [0.2, 0.25) is 5.91 Å². The standard InChI is InChI=1S/C20H17F3N4O3S/c21-20(22,23)14-5-3-4-13(10-14)11-15-12-25-19(31-15)26-18(28)8-9-24-16-6-1-2-7-17(16)27(29)30/h1-7,10,12,24H,8-9,11H2,(H,25,26,28). The van der Waals surface area contributed by atoms with Crippen molar-refractivity contribution in [3.63, 3.8) is 0 Å². The van der Waals surface area contributed by atoms with Crippen LogP contribution in [0.15, 0.2) is 54.7 Å². The minimum atomic E-state index is -4.41. The molecule has 0 atom stereocenters. The molecule has 0 aliphatic heterocycles. The summed E-state index contributed by atoms with van der Waals surface area (Å²) < 4.78 is 38.5. The molecule has 0 radical (unpaired) electrons. The summed E-state index contributed by atoms with van der Waals surface area (Å²) in [5.74, 6) is -0.342. The fraction of sp³-hybridized carbons (Fsp3) is 0.200. The zero-order valence-electron chi connectivity index (χ0n) is 16.0. The van der Waals surface area contributed by atoms with Crippen LogP contribution in [0.1, 0.15) is 22.4 Å². The maximum Gasteiger partial charge on any atom is 0.416 e.